The Morgan fingerprint density at radius 3 is 2.42 bits per heavy atom. The lowest BCUT2D eigenvalue weighted by Gasteiger charge is -2.36. The molecule has 5 aromatic carbocycles. The van der Waals surface area contributed by atoms with Gasteiger partial charge in [0.1, 0.15) is 0 Å². The number of aryl methyl sites for hydroxylation is 1. The topological polar surface area (TPSA) is 69.3 Å². The zero-order valence-electron chi connectivity index (χ0n) is 28.1. The van der Waals surface area contributed by atoms with Crippen LogP contribution in [-0.4, -0.2) is 47.2 Å². The van der Waals surface area contributed by atoms with E-state index in [0.29, 0.717) is 5.39 Å². The van der Waals surface area contributed by atoms with Crippen molar-refractivity contribution in [3.8, 4) is 0 Å². The van der Waals surface area contributed by atoms with Gasteiger partial charge < -0.3 is 9.80 Å². The zero-order valence-corrected chi connectivity index (χ0v) is 28.1. The number of hydrogen-bond acceptors (Lipinski definition) is 4. The quantitative estimate of drug-likeness (QED) is 0.207. The van der Waals surface area contributed by atoms with Crippen LogP contribution in [0, 0.1) is 0 Å². The van der Waals surface area contributed by atoms with Crippen LogP contribution >= 0.6 is 0 Å². The first-order valence-electron chi connectivity index (χ1n) is 17.7. The number of nitrogens with zero attached hydrogens (tertiary/aromatic N) is 3. The van der Waals surface area contributed by atoms with E-state index in [2.05, 4.69) is 94.0 Å². The van der Waals surface area contributed by atoms with Crippen molar-refractivity contribution in [1.29, 1.82) is 0 Å². The molecule has 0 bridgehead atoms. The number of aromatic nitrogens is 2. The molecule has 0 spiro atoms. The molecule has 1 N–H and O–H groups in total. The van der Waals surface area contributed by atoms with Gasteiger partial charge in [-0.3, -0.25) is 9.59 Å². The molecule has 3 aliphatic rings. The molecule has 6 nitrogen and oxygen atoms in total. The molecule has 1 fully saturated rings. The molecule has 6 aromatic rings. The highest BCUT2D eigenvalue weighted by atomic mass is 16.2. The lowest BCUT2D eigenvalue weighted by Crippen LogP contribution is -2.48. The largest absolute Gasteiger partial charge is 0.368 e. The molecule has 50 heavy (non-hydrogen) atoms. The normalized spacial score (nSPS) is 15.4. The summed E-state index contributed by atoms with van der Waals surface area (Å²) < 4.78 is 0. The van der Waals surface area contributed by atoms with Crippen molar-refractivity contribution in [2.24, 2.45) is 0 Å². The van der Waals surface area contributed by atoms with Gasteiger partial charge in [-0.1, -0.05) is 96.6 Å². The maximum absolute atomic E-state index is 13.5. The van der Waals surface area contributed by atoms with Crippen molar-refractivity contribution in [1.82, 2.24) is 15.1 Å². The van der Waals surface area contributed by atoms with Crippen LogP contribution in [0.4, 0.5) is 5.69 Å². The fraction of sp³-hybridized carbons (Fsp3) is 0.205. The molecule has 0 atom stereocenters. The smallest absolute Gasteiger partial charge is 0.272 e. The monoisotopic (exact) mass is 656 g/mol. The molecule has 0 unspecified atom stereocenters. The first-order chi connectivity index (χ1) is 24.6. The van der Waals surface area contributed by atoms with E-state index in [0.717, 1.165) is 50.0 Å². The van der Waals surface area contributed by atoms with Crippen LogP contribution in [0.25, 0.3) is 27.1 Å². The molecule has 1 aromatic heterocycles. The van der Waals surface area contributed by atoms with Gasteiger partial charge >= 0.3 is 0 Å². The molecule has 2 heterocycles. The van der Waals surface area contributed by atoms with E-state index in [1.807, 2.05) is 41.3 Å². The van der Waals surface area contributed by atoms with Crippen molar-refractivity contribution in [3.05, 3.63) is 171 Å². The summed E-state index contributed by atoms with van der Waals surface area (Å²) in [5, 5.41) is 10.3. The molecular weight excluding hydrogens is 617 g/mol. The number of fused-ring (bicyclic) bond motifs is 5. The summed E-state index contributed by atoms with van der Waals surface area (Å²) in [7, 11) is 0. The van der Waals surface area contributed by atoms with E-state index < -0.39 is 0 Å². The maximum Gasteiger partial charge on any atom is 0.272 e. The number of nitrogens with one attached hydrogen (secondary N) is 1. The highest BCUT2D eigenvalue weighted by molar-refractivity contribution is 5.97. The number of para-hydroxylation sites is 1. The molecule has 2 aliphatic carbocycles. The Kier molecular flexibility index (Phi) is 8.83. The van der Waals surface area contributed by atoms with Crippen LogP contribution in [0.15, 0.2) is 138 Å². The van der Waals surface area contributed by atoms with Gasteiger partial charge in [-0.05, 0) is 101 Å². The molecule has 248 valence electrons. The van der Waals surface area contributed by atoms with E-state index in [9.17, 15) is 9.59 Å². The minimum absolute atomic E-state index is 0.136. The predicted octanol–water partition coefficient (Wildman–Crippen LogP) is 8.37. The molecule has 1 saturated heterocycles. The highest BCUT2D eigenvalue weighted by Gasteiger charge is 2.24. The predicted molar refractivity (Wildman–Crippen MR) is 204 cm³/mol. The minimum Gasteiger partial charge on any atom is -0.368 e. The van der Waals surface area contributed by atoms with Crippen molar-refractivity contribution in [3.63, 3.8) is 0 Å². The second kappa shape index (κ2) is 14.0. The second-order valence-corrected chi connectivity index (χ2v) is 13.3. The van der Waals surface area contributed by atoms with Crippen molar-refractivity contribution < 1.29 is 4.79 Å². The number of allylic oxidation sites excluding steroid dienone is 4. The number of H-pyrrole nitrogens is 1. The first-order valence-corrected chi connectivity index (χ1v) is 17.7. The van der Waals surface area contributed by atoms with Crippen LogP contribution in [0.2, 0.25) is 0 Å². The maximum atomic E-state index is 13.5. The van der Waals surface area contributed by atoms with Crippen LogP contribution in [0.1, 0.15) is 51.9 Å². The molecule has 9 rings (SSSR count). The van der Waals surface area contributed by atoms with Crippen LogP contribution in [-0.2, 0) is 12.8 Å². The van der Waals surface area contributed by atoms with Gasteiger partial charge in [-0.2, -0.15) is 5.10 Å². The first kappa shape index (κ1) is 31.5. The number of aromatic amines is 1. The standard InChI is InChI=1S/C36H34N2O.C8H6N2O/c39-36(38-22-20-37(21-23-38)31-13-2-1-3-14-31)30-12-6-8-26(25-30)24-29-11-7-10-28-17-18-33-32-15-5-4-9-27(32)16-19-34(33)35(28)29;11-8-7-4-2-1-3-6(7)5-9-10-8/h1-3,5-8,10-15,17-18,25H,4,9,16,19-24H2;1-5H,(H,10,11). The van der Waals surface area contributed by atoms with Crippen molar-refractivity contribution >= 4 is 38.7 Å². The third kappa shape index (κ3) is 6.37. The Bertz CT molecular complexity index is 2310. The van der Waals surface area contributed by atoms with Crippen LogP contribution in [0.3, 0.4) is 0 Å². The number of carbonyl (C=O) groups excluding carboxylic acids is 1. The second-order valence-electron chi connectivity index (χ2n) is 13.3. The summed E-state index contributed by atoms with van der Waals surface area (Å²) >= 11 is 0. The van der Waals surface area contributed by atoms with E-state index in [-0.39, 0.29) is 11.5 Å². The molecule has 1 amide bonds. The van der Waals surface area contributed by atoms with Gasteiger partial charge in [-0.15, -0.1) is 0 Å². The Balaban J connectivity index is 0.000000279. The summed E-state index contributed by atoms with van der Waals surface area (Å²) in [6, 6.07) is 37.5. The SMILES string of the molecule is O=C(c1cccc(Cc2cccc3ccc4c(c23)CCC2=C4C=CCC2)c1)N1CCN(c2ccccc2)CC1.O=c1[nH]ncc2ccccc12. The lowest BCUT2D eigenvalue weighted by molar-refractivity contribution is 0.0746. The number of hydrogen-bond donors (Lipinski definition) is 1. The Hall–Kier alpha value is -5.75. The summed E-state index contributed by atoms with van der Waals surface area (Å²) in [6.07, 6.45) is 11.8. The number of carbonyl (C=O) groups is 1. The molecular formula is C44H40N4O2. The van der Waals surface area contributed by atoms with E-state index in [1.54, 1.807) is 17.8 Å². The van der Waals surface area contributed by atoms with Gasteiger partial charge in [0.25, 0.3) is 11.5 Å². The third-order valence-corrected chi connectivity index (χ3v) is 10.3. The van der Waals surface area contributed by atoms with Gasteiger partial charge in [0.05, 0.1) is 6.20 Å². The Labute approximate surface area is 292 Å². The van der Waals surface area contributed by atoms with Crippen molar-refractivity contribution in [2.75, 3.05) is 31.1 Å². The number of amides is 1. The average molecular weight is 657 g/mol. The van der Waals surface area contributed by atoms with Gasteiger partial charge in [0, 0.05) is 48.2 Å². The van der Waals surface area contributed by atoms with E-state index in [4.69, 9.17) is 0 Å². The number of anilines is 1. The summed E-state index contributed by atoms with van der Waals surface area (Å²) in [5.41, 5.74) is 10.4. The molecule has 1 aliphatic heterocycles. The number of piperazine rings is 1. The van der Waals surface area contributed by atoms with Gasteiger partial charge in [0.15, 0.2) is 0 Å². The Morgan fingerprint density at radius 1 is 0.760 bits per heavy atom. The number of benzene rings is 5. The Morgan fingerprint density at radius 2 is 1.56 bits per heavy atom. The summed E-state index contributed by atoms with van der Waals surface area (Å²) in [4.78, 5) is 28.9. The lowest BCUT2D eigenvalue weighted by atomic mass is 9.78. The molecule has 0 saturated carbocycles. The van der Waals surface area contributed by atoms with E-state index in [1.165, 1.54) is 63.5 Å². The average Bonchev–Trinajstić information content (AvgIpc) is 3.18. The highest BCUT2D eigenvalue weighted by Crippen LogP contribution is 2.41. The minimum atomic E-state index is -0.136. The number of rotatable bonds is 4. The van der Waals surface area contributed by atoms with E-state index >= 15 is 0 Å². The van der Waals surface area contributed by atoms with Crippen LogP contribution < -0.4 is 10.5 Å². The van der Waals surface area contributed by atoms with Crippen molar-refractivity contribution in [2.45, 2.75) is 32.1 Å². The fourth-order valence-corrected chi connectivity index (χ4v) is 7.78. The fourth-order valence-electron chi connectivity index (χ4n) is 7.78. The third-order valence-electron chi connectivity index (χ3n) is 10.3. The van der Waals surface area contributed by atoms with Gasteiger partial charge in [-0.25, -0.2) is 5.10 Å². The zero-order chi connectivity index (χ0) is 33.9. The molecule has 0 radical (unpaired) electrons. The van der Waals surface area contributed by atoms with Gasteiger partial charge in [0.2, 0.25) is 0 Å². The summed E-state index contributed by atoms with van der Waals surface area (Å²) in [6.45, 7) is 3.23. The molecule has 6 heteroatoms. The summed E-state index contributed by atoms with van der Waals surface area (Å²) in [5.74, 6) is 0.142. The van der Waals surface area contributed by atoms with Crippen LogP contribution in [0.5, 0.6) is 0 Å².